The van der Waals surface area contributed by atoms with E-state index in [0.29, 0.717) is 26.1 Å². The lowest BCUT2D eigenvalue weighted by Crippen LogP contribution is -2.58. The number of esters is 1. The number of amides is 2. The van der Waals surface area contributed by atoms with Crippen LogP contribution in [0.5, 0.6) is 0 Å². The fraction of sp³-hybridized carbons (Fsp3) is 0.471. The van der Waals surface area contributed by atoms with Crippen LogP contribution in [0.15, 0.2) is 30.3 Å². The number of carbonyl (C=O) groups is 3. The fourth-order valence-electron chi connectivity index (χ4n) is 2.48. The van der Waals surface area contributed by atoms with E-state index in [1.807, 2.05) is 37.3 Å². The van der Waals surface area contributed by atoms with Gasteiger partial charge in [-0.2, -0.15) is 0 Å². The quantitative estimate of drug-likeness (QED) is 0.720. The first kappa shape index (κ1) is 17.8. The molecular weight excluding hydrogens is 310 g/mol. The zero-order valence-corrected chi connectivity index (χ0v) is 13.8. The van der Waals surface area contributed by atoms with Gasteiger partial charge in [0.2, 0.25) is 11.8 Å². The molecule has 2 rings (SSSR count). The van der Waals surface area contributed by atoms with E-state index in [1.165, 1.54) is 4.90 Å². The molecule has 1 aliphatic rings. The van der Waals surface area contributed by atoms with Crippen LogP contribution < -0.4 is 10.6 Å². The lowest BCUT2D eigenvalue weighted by Gasteiger charge is -2.34. The van der Waals surface area contributed by atoms with Crippen molar-refractivity contribution in [3.05, 3.63) is 30.3 Å². The van der Waals surface area contributed by atoms with E-state index in [1.54, 1.807) is 0 Å². The van der Waals surface area contributed by atoms with Crippen molar-refractivity contribution in [3.63, 3.8) is 0 Å². The molecule has 2 N–H and O–H groups in total. The van der Waals surface area contributed by atoms with Gasteiger partial charge in [0.05, 0.1) is 19.6 Å². The number of piperazine rings is 1. The van der Waals surface area contributed by atoms with E-state index < -0.39 is 12.0 Å². The summed E-state index contributed by atoms with van der Waals surface area (Å²) >= 11 is 0. The van der Waals surface area contributed by atoms with Crippen LogP contribution in [0.25, 0.3) is 0 Å². The molecule has 1 heterocycles. The largest absolute Gasteiger partial charge is 0.466 e. The Kier molecular flexibility index (Phi) is 6.60. The Hall–Kier alpha value is -2.57. The Labute approximate surface area is 141 Å². The highest BCUT2D eigenvalue weighted by Crippen LogP contribution is 2.12. The summed E-state index contributed by atoms with van der Waals surface area (Å²) in [7, 11) is 0. The molecule has 1 saturated heterocycles. The van der Waals surface area contributed by atoms with Gasteiger partial charge >= 0.3 is 5.97 Å². The van der Waals surface area contributed by atoms with Crippen molar-refractivity contribution < 1.29 is 19.1 Å². The van der Waals surface area contributed by atoms with Crippen LogP contribution in [0, 0.1) is 0 Å². The molecule has 1 unspecified atom stereocenters. The molecule has 0 saturated carbocycles. The topological polar surface area (TPSA) is 87.7 Å². The van der Waals surface area contributed by atoms with Crippen LogP contribution in [0.4, 0.5) is 5.69 Å². The average molecular weight is 333 g/mol. The maximum atomic E-state index is 12.5. The van der Waals surface area contributed by atoms with E-state index in [-0.39, 0.29) is 24.8 Å². The number of carbonyl (C=O) groups excluding carboxylic acids is 3. The standard InChI is InChI=1S/C17H23N3O4/c1-2-10-24-16(22)11-14-17(23)18-8-9-20(14)15(21)12-19-13-6-4-3-5-7-13/h3-7,14,19H,2,8-12H2,1H3,(H,18,23). The number of nitrogens with one attached hydrogen (secondary N) is 2. The molecule has 0 bridgehead atoms. The van der Waals surface area contributed by atoms with Crippen molar-refractivity contribution in [1.82, 2.24) is 10.2 Å². The smallest absolute Gasteiger partial charge is 0.308 e. The SMILES string of the molecule is CCCOC(=O)CC1C(=O)NCCN1C(=O)CNc1ccccc1. The molecule has 0 aliphatic carbocycles. The van der Waals surface area contributed by atoms with Crippen molar-refractivity contribution >= 4 is 23.5 Å². The van der Waals surface area contributed by atoms with Gasteiger partial charge in [-0.3, -0.25) is 14.4 Å². The lowest BCUT2D eigenvalue weighted by molar-refractivity contribution is -0.151. The number of anilines is 1. The summed E-state index contributed by atoms with van der Waals surface area (Å²) in [5.74, 6) is -1.00. The monoisotopic (exact) mass is 333 g/mol. The van der Waals surface area contributed by atoms with Gasteiger partial charge in [-0.1, -0.05) is 25.1 Å². The second-order valence-electron chi connectivity index (χ2n) is 5.54. The third-order valence-electron chi connectivity index (χ3n) is 3.70. The van der Waals surface area contributed by atoms with Crippen molar-refractivity contribution in [2.75, 3.05) is 31.6 Å². The molecule has 2 amide bonds. The summed E-state index contributed by atoms with van der Waals surface area (Å²) in [6.07, 6.45) is 0.592. The van der Waals surface area contributed by atoms with Crippen molar-refractivity contribution in [1.29, 1.82) is 0 Å². The van der Waals surface area contributed by atoms with Gasteiger partial charge < -0.3 is 20.3 Å². The molecule has 0 aromatic heterocycles. The lowest BCUT2D eigenvalue weighted by atomic mass is 10.1. The molecule has 0 spiro atoms. The Bertz CT molecular complexity index is 576. The third kappa shape index (κ3) is 4.97. The summed E-state index contributed by atoms with van der Waals surface area (Å²) in [5, 5.41) is 5.72. The number of nitrogens with zero attached hydrogens (tertiary/aromatic N) is 1. The molecule has 7 heteroatoms. The molecule has 24 heavy (non-hydrogen) atoms. The summed E-state index contributed by atoms with van der Waals surface area (Å²) < 4.78 is 5.03. The highest BCUT2D eigenvalue weighted by Gasteiger charge is 2.34. The van der Waals surface area contributed by atoms with E-state index in [4.69, 9.17) is 4.74 Å². The molecule has 1 atom stereocenters. The van der Waals surface area contributed by atoms with E-state index in [9.17, 15) is 14.4 Å². The number of hydrogen-bond donors (Lipinski definition) is 2. The molecule has 130 valence electrons. The summed E-state index contributed by atoms with van der Waals surface area (Å²) in [6, 6.07) is 8.53. The Balaban J connectivity index is 1.95. The Morgan fingerprint density at radius 1 is 1.33 bits per heavy atom. The summed E-state index contributed by atoms with van der Waals surface area (Å²) in [5.41, 5.74) is 0.825. The molecular formula is C17H23N3O4. The minimum absolute atomic E-state index is 0.0673. The third-order valence-corrected chi connectivity index (χ3v) is 3.70. The summed E-state index contributed by atoms with van der Waals surface area (Å²) in [4.78, 5) is 37.8. The van der Waals surface area contributed by atoms with Gasteiger partial charge in [-0.25, -0.2) is 0 Å². The molecule has 1 aliphatic heterocycles. The summed E-state index contributed by atoms with van der Waals surface area (Å²) in [6.45, 7) is 3.04. The van der Waals surface area contributed by atoms with Crippen molar-refractivity contribution in [2.45, 2.75) is 25.8 Å². The normalized spacial score (nSPS) is 17.1. The maximum Gasteiger partial charge on any atom is 0.308 e. The predicted octanol–water partition coefficient (Wildman–Crippen LogP) is 0.769. The van der Waals surface area contributed by atoms with Gasteiger partial charge in [0, 0.05) is 18.8 Å². The number of ether oxygens (including phenoxy) is 1. The zero-order chi connectivity index (χ0) is 17.4. The van der Waals surface area contributed by atoms with Crippen molar-refractivity contribution in [3.8, 4) is 0 Å². The highest BCUT2D eigenvalue weighted by atomic mass is 16.5. The van der Waals surface area contributed by atoms with Gasteiger partial charge in [-0.05, 0) is 18.6 Å². The Morgan fingerprint density at radius 3 is 2.79 bits per heavy atom. The highest BCUT2D eigenvalue weighted by molar-refractivity contribution is 5.93. The van der Waals surface area contributed by atoms with Crippen LogP contribution in [0.3, 0.4) is 0 Å². The molecule has 1 fully saturated rings. The zero-order valence-electron chi connectivity index (χ0n) is 13.8. The number of hydrogen-bond acceptors (Lipinski definition) is 5. The molecule has 7 nitrogen and oxygen atoms in total. The van der Waals surface area contributed by atoms with E-state index in [2.05, 4.69) is 10.6 Å². The Morgan fingerprint density at radius 2 is 2.08 bits per heavy atom. The first-order chi connectivity index (χ1) is 11.6. The van der Waals surface area contributed by atoms with Crippen LogP contribution in [0.2, 0.25) is 0 Å². The second-order valence-corrected chi connectivity index (χ2v) is 5.54. The minimum atomic E-state index is -0.812. The maximum absolute atomic E-state index is 12.5. The average Bonchev–Trinajstić information content (AvgIpc) is 2.60. The number of rotatable bonds is 7. The van der Waals surface area contributed by atoms with Gasteiger partial charge in [0.1, 0.15) is 6.04 Å². The van der Waals surface area contributed by atoms with E-state index >= 15 is 0 Å². The van der Waals surface area contributed by atoms with Gasteiger partial charge in [0.25, 0.3) is 0 Å². The fourth-order valence-corrected chi connectivity index (χ4v) is 2.48. The van der Waals surface area contributed by atoms with Crippen LogP contribution in [-0.2, 0) is 19.1 Å². The second kappa shape index (κ2) is 8.90. The first-order valence-electron chi connectivity index (χ1n) is 8.13. The predicted molar refractivity (Wildman–Crippen MR) is 89.3 cm³/mol. The first-order valence-corrected chi connectivity index (χ1v) is 8.13. The minimum Gasteiger partial charge on any atom is -0.466 e. The van der Waals surface area contributed by atoms with E-state index in [0.717, 1.165) is 5.69 Å². The molecule has 1 aromatic carbocycles. The van der Waals surface area contributed by atoms with Crippen LogP contribution in [-0.4, -0.2) is 55.0 Å². The van der Waals surface area contributed by atoms with Crippen LogP contribution in [0.1, 0.15) is 19.8 Å². The van der Waals surface area contributed by atoms with Gasteiger partial charge in [-0.15, -0.1) is 0 Å². The number of para-hydroxylation sites is 1. The molecule has 1 aromatic rings. The van der Waals surface area contributed by atoms with Crippen molar-refractivity contribution in [2.24, 2.45) is 0 Å². The van der Waals surface area contributed by atoms with Gasteiger partial charge in [0.15, 0.2) is 0 Å². The number of benzene rings is 1. The molecule has 0 radical (unpaired) electrons. The van der Waals surface area contributed by atoms with Crippen LogP contribution >= 0.6 is 0 Å².